The van der Waals surface area contributed by atoms with Gasteiger partial charge in [0.15, 0.2) is 23.9 Å². The van der Waals surface area contributed by atoms with Crippen LogP contribution in [0.4, 0.5) is 5.82 Å². The summed E-state index contributed by atoms with van der Waals surface area (Å²) in [5.74, 6) is -0.752. The smallest absolute Gasteiger partial charge is 0.387 e. The summed E-state index contributed by atoms with van der Waals surface area (Å²) in [6.07, 6.45) is -2.57. The molecule has 3 aliphatic rings. The summed E-state index contributed by atoms with van der Waals surface area (Å²) in [6, 6.07) is 0. The summed E-state index contributed by atoms with van der Waals surface area (Å²) < 4.78 is 51.1. The van der Waals surface area contributed by atoms with Gasteiger partial charge in [-0.3, -0.25) is 18.4 Å². The molecule has 0 radical (unpaired) electrons. The van der Waals surface area contributed by atoms with Gasteiger partial charge in [0.25, 0.3) is 5.91 Å². The van der Waals surface area contributed by atoms with Crippen LogP contribution in [0.2, 0.25) is 0 Å². The number of aromatic nitrogens is 4. The van der Waals surface area contributed by atoms with Gasteiger partial charge < -0.3 is 56.1 Å². The zero-order chi connectivity index (χ0) is 34.3. The summed E-state index contributed by atoms with van der Waals surface area (Å²) >= 11 is 0. The minimum Gasteiger partial charge on any atom is -0.387 e. The van der Waals surface area contributed by atoms with E-state index in [0.717, 1.165) is 6.33 Å². The van der Waals surface area contributed by atoms with E-state index in [1.54, 1.807) is 0 Å². The molecular weight excluding hydrogens is 672 g/mol. The lowest BCUT2D eigenvalue weighted by atomic mass is 10.0. The lowest BCUT2D eigenvalue weighted by Gasteiger charge is -2.29. The minimum atomic E-state index is -5.40. The van der Waals surface area contributed by atoms with Crippen molar-refractivity contribution in [2.24, 2.45) is 5.73 Å². The highest BCUT2D eigenvalue weighted by Gasteiger charge is 2.48. The number of nitrogen functional groups attached to an aromatic ring is 1. The monoisotopic (exact) mass is 703 g/mol. The van der Waals surface area contributed by atoms with Crippen LogP contribution in [0.5, 0.6) is 0 Å². The van der Waals surface area contributed by atoms with Gasteiger partial charge in [-0.1, -0.05) is 18.7 Å². The highest BCUT2D eigenvalue weighted by Crippen LogP contribution is 2.60. The molecule has 2 aromatic rings. The average molecular weight is 703 g/mol. The maximum atomic E-state index is 12.5. The first-order valence-electron chi connectivity index (χ1n) is 13.5. The summed E-state index contributed by atoms with van der Waals surface area (Å²) in [5.41, 5.74) is 12.0. The molecular formula is C24H31N7O14P2. The number of allylic oxidation sites excluding steroid dienone is 3. The third-order valence-corrected chi connectivity index (χ3v) is 9.82. The van der Waals surface area contributed by atoms with Gasteiger partial charge in [0.1, 0.15) is 48.5 Å². The van der Waals surface area contributed by atoms with Gasteiger partial charge in [0, 0.05) is 12.4 Å². The number of ether oxygens (including phenoxy) is 2. The van der Waals surface area contributed by atoms with Gasteiger partial charge in [-0.2, -0.15) is 4.31 Å². The Kier molecular flexibility index (Phi) is 10.1. The van der Waals surface area contributed by atoms with Crippen molar-refractivity contribution in [1.82, 2.24) is 24.4 Å². The lowest BCUT2D eigenvalue weighted by molar-refractivity contribution is -0.114. The number of aliphatic hydroxyl groups excluding tert-OH is 4. The second kappa shape index (κ2) is 13.6. The highest BCUT2D eigenvalue weighted by molar-refractivity contribution is 7.61. The van der Waals surface area contributed by atoms with Gasteiger partial charge in [-0.25, -0.2) is 24.1 Å². The molecule has 47 heavy (non-hydrogen) atoms. The van der Waals surface area contributed by atoms with Gasteiger partial charge >= 0.3 is 15.6 Å². The number of aliphatic hydroxyl groups is 4. The maximum absolute atomic E-state index is 12.5. The number of amides is 1. The molecule has 5 rings (SSSR count). The van der Waals surface area contributed by atoms with Crippen LogP contribution < -0.4 is 11.5 Å². The van der Waals surface area contributed by atoms with Gasteiger partial charge in [-0.05, 0) is 11.6 Å². The quantitative estimate of drug-likeness (QED) is 0.111. The van der Waals surface area contributed by atoms with Crippen molar-refractivity contribution in [2.45, 2.75) is 49.1 Å². The Morgan fingerprint density at radius 2 is 1.57 bits per heavy atom. The van der Waals surface area contributed by atoms with E-state index < -0.39 is 83.8 Å². The van der Waals surface area contributed by atoms with Crippen molar-refractivity contribution in [1.29, 1.82) is 0 Å². The van der Waals surface area contributed by atoms with Crippen molar-refractivity contribution in [3.8, 4) is 0 Å². The Morgan fingerprint density at radius 3 is 2.17 bits per heavy atom. The molecule has 0 aromatic carbocycles. The molecule has 2 fully saturated rings. The topological polar surface area (TPSA) is 318 Å². The van der Waals surface area contributed by atoms with Crippen LogP contribution in [0.25, 0.3) is 11.2 Å². The van der Waals surface area contributed by atoms with E-state index in [4.69, 9.17) is 30.0 Å². The zero-order valence-corrected chi connectivity index (χ0v) is 25.8. The molecule has 0 saturated carbocycles. The summed E-state index contributed by atoms with van der Waals surface area (Å²) in [5, 5.41) is 41.9. The van der Waals surface area contributed by atoms with Crippen LogP contribution >= 0.6 is 15.6 Å². The van der Waals surface area contributed by atoms with Gasteiger partial charge in [0.2, 0.25) is 0 Å². The minimum absolute atomic E-state index is 0.0415. The number of imidazole rings is 1. The molecule has 0 spiro atoms. The third-order valence-electron chi connectivity index (χ3n) is 7.22. The molecule has 0 aliphatic carbocycles. The molecule has 0 bridgehead atoms. The number of hydrogen-bond donors (Lipinski definition) is 8. The van der Waals surface area contributed by atoms with E-state index in [0.29, 0.717) is 5.57 Å². The molecule has 10 N–H and O–H groups in total. The number of anilines is 1. The van der Waals surface area contributed by atoms with Crippen molar-refractivity contribution in [3.63, 3.8) is 0 Å². The first kappa shape index (κ1) is 34.9. The van der Waals surface area contributed by atoms with Crippen LogP contribution in [-0.2, 0) is 36.8 Å². The number of carbonyl (C=O) groups is 1. The standard InChI is InChI=1S/C24H31N7O14P2/c1-2-3-11-4-5-30(6-12(11)21(26)36)23-18(34)16(32)13(43-23)7-41-46(37,38)45-47(39,40)42-8-14-17(33)19(35)24(44-14)31-10-29-15-20(25)27-9-28-22(15)31/h2-6,9-10,13-14,16-19,23-24,32-35H,1,7-8H2,(H2,26,36)(H,37,38)(H,39,40)(H2,25,27,28)/b11-3-. The predicted octanol–water partition coefficient (Wildman–Crippen LogP) is -1.96. The molecule has 10 unspecified atom stereocenters. The van der Waals surface area contributed by atoms with E-state index in [1.165, 1.54) is 46.4 Å². The largest absolute Gasteiger partial charge is 0.481 e. The van der Waals surface area contributed by atoms with Crippen molar-refractivity contribution in [3.05, 3.63) is 61.0 Å². The number of primary amides is 1. The SMILES string of the molecule is C=C/C=C1/C=CN(C2OC(COP(=O)(O)OP(=O)(O)OCC3OC(n4cnc5c(N)ncnc54)C(O)C3O)C(O)C2O)C=C1C(N)=O. The summed E-state index contributed by atoms with van der Waals surface area (Å²) in [7, 11) is -10.8. The lowest BCUT2D eigenvalue weighted by Crippen LogP contribution is -2.40. The van der Waals surface area contributed by atoms with Crippen LogP contribution in [0.15, 0.2) is 61.0 Å². The van der Waals surface area contributed by atoms with Crippen LogP contribution in [0.3, 0.4) is 0 Å². The Balaban J connectivity index is 1.16. The third kappa shape index (κ3) is 7.37. The number of nitrogens with zero attached hydrogens (tertiary/aromatic N) is 5. The van der Waals surface area contributed by atoms with Crippen LogP contribution in [0, 0.1) is 0 Å². The van der Waals surface area contributed by atoms with Gasteiger partial charge in [-0.15, -0.1) is 0 Å². The number of phosphoric acid groups is 2. The summed E-state index contributed by atoms with van der Waals surface area (Å²) in [4.78, 5) is 45.1. The van der Waals surface area contributed by atoms with Crippen molar-refractivity contribution >= 4 is 38.5 Å². The van der Waals surface area contributed by atoms with Crippen LogP contribution in [-0.4, -0.2) is 117 Å². The fourth-order valence-corrected chi connectivity index (χ4v) is 7.03. The number of hydrogen-bond acceptors (Lipinski definition) is 17. The predicted molar refractivity (Wildman–Crippen MR) is 156 cm³/mol. The number of phosphoric ester groups is 2. The van der Waals surface area contributed by atoms with E-state index in [9.17, 15) is 44.1 Å². The molecule has 2 aromatic heterocycles. The number of nitrogens with two attached hydrogens (primary N) is 2. The Bertz CT molecular complexity index is 1720. The Hall–Kier alpha value is -3.40. The molecule has 2 saturated heterocycles. The fraction of sp³-hybridized carbons (Fsp3) is 0.417. The second-order valence-electron chi connectivity index (χ2n) is 10.3. The number of fused-ring (bicyclic) bond motifs is 1. The maximum Gasteiger partial charge on any atom is 0.481 e. The highest BCUT2D eigenvalue weighted by atomic mass is 31.3. The molecule has 1 amide bonds. The second-order valence-corrected chi connectivity index (χ2v) is 13.4. The normalized spacial score (nSPS) is 32.8. The molecule has 3 aliphatic heterocycles. The van der Waals surface area contributed by atoms with E-state index in [1.807, 2.05) is 0 Å². The molecule has 21 nitrogen and oxygen atoms in total. The summed E-state index contributed by atoms with van der Waals surface area (Å²) in [6.45, 7) is 1.73. The molecule has 23 heteroatoms. The van der Waals surface area contributed by atoms with E-state index in [-0.39, 0.29) is 22.6 Å². The van der Waals surface area contributed by atoms with Crippen molar-refractivity contribution < 1.29 is 67.0 Å². The number of carbonyl (C=O) groups excluding carboxylic acids is 1. The fourth-order valence-electron chi connectivity index (χ4n) is 4.94. The first-order valence-corrected chi connectivity index (χ1v) is 16.5. The average Bonchev–Trinajstić information content (AvgIpc) is 3.65. The van der Waals surface area contributed by atoms with Crippen LogP contribution in [0.1, 0.15) is 6.23 Å². The molecule has 5 heterocycles. The molecule has 10 atom stereocenters. The van der Waals surface area contributed by atoms with Crippen molar-refractivity contribution in [2.75, 3.05) is 18.9 Å². The Morgan fingerprint density at radius 1 is 0.979 bits per heavy atom. The zero-order valence-electron chi connectivity index (χ0n) is 24.0. The first-order chi connectivity index (χ1) is 22.1. The Labute approximate surface area is 264 Å². The van der Waals surface area contributed by atoms with E-state index in [2.05, 4.69) is 25.8 Å². The van der Waals surface area contributed by atoms with Gasteiger partial charge in [0.05, 0.1) is 25.1 Å². The van der Waals surface area contributed by atoms with E-state index >= 15 is 0 Å². The molecule has 256 valence electrons. The number of rotatable bonds is 12.